The molecule has 3 aromatic rings. The molecule has 2 nitrogen and oxygen atoms in total. The number of halogens is 4. The van der Waals surface area contributed by atoms with Crippen molar-refractivity contribution in [1.82, 2.24) is 0 Å². The minimum Gasteiger partial charge on any atom is -0.434 e. The van der Waals surface area contributed by atoms with Gasteiger partial charge in [-0.2, -0.15) is 8.78 Å². The summed E-state index contributed by atoms with van der Waals surface area (Å²) in [5, 5.41) is 12.9. The summed E-state index contributed by atoms with van der Waals surface area (Å²) in [6.07, 6.45) is -0.311. The van der Waals surface area contributed by atoms with Gasteiger partial charge in [0.15, 0.2) is 0 Å². The molecule has 0 amide bonds. The maximum atomic E-state index is 12.8. The average molecular weight is 440 g/mol. The number of ether oxygens (including phenoxy) is 1. The standard InChI is InChI=1S/C20H14BrClF2O2/c21-12-5-4-10-7-14-13(8-11(10)6-12)15(9-17(14)25)19-16(22)2-1-3-18(19)26-20(23)24/h1-8,15,17,20,25H,9H2/t15?,17-/m0/s1. The number of fused-ring (bicyclic) bond motifs is 2. The number of rotatable bonds is 3. The highest BCUT2D eigenvalue weighted by atomic mass is 79.9. The highest BCUT2D eigenvalue weighted by molar-refractivity contribution is 9.10. The van der Waals surface area contributed by atoms with Crippen molar-refractivity contribution < 1.29 is 18.6 Å². The summed E-state index contributed by atoms with van der Waals surface area (Å²) in [5.41, 5.74) is 2.17. The van der Waals surface area contributed by atoms with Gasteiger partial charge in [-0.25, -0.2) is 0 Å². The van der Waals surface area contributed by atoms with Crippen LogP contribution in [0.15, 0.2) is 53.0 Å². The predicted octanol–water partition coefficient (Wildman–Crippen LogP) is 6.43. The summed E-state index contributed by atoms with van der Waals surface area (Å²) >= 11 is 9.80. The van der Waals surface area contributed by atoms with Crippen LogP contribution in [0.2, 0.25) is 5.02 Å². The van der Waals surface area contributed by atoms with Crippen molar-refractivity contribution in [3.8, 4) is 5.75 Å². The first-order valence-corrected chi connectivity index (χ1v) is 9.25. The molecular weight excluding hydrogens is 426 g/mol. The van der Waals surface area contributed by atoms with Crippen LogP contribution in [0.25, 0.3) is 10.8 Å². The van der Waals surface area contributed by atoms with Gasteiger partial charge in [-0.15, -0.1) is 0 Å². The zero-order valence-electron chi connectivity index (χ0n) is 13.4. The van der Waals surface area contributed by atoms with E-state index in [1.54, 1.807) is 12.1 Å². The molecule has 0 saturated heterocycles. The van der Waals surface area contributed by atoms with E-state index in [2.05, 4.69) is 20.7 Å². The summed E-state index contributed by atoms with van der Waals surface area (Å²) < 4.78 is 31.3. The lowest BCUT2D eigenvalue weighted by Gasteiger charge is -2.19. The summed E-state index contributed by atoms with van der Waals surface area (Å²) in [6, 6.07) is 14.6. The molecule has 0 heterocycles. The van der Waals surface area contributed by atoms with Crippen molar-refractivity contribution >= 4 is 38.3 Å². The molecule has 1 N–H and O–H groups in total. The van der Waals surface area contributed by atoms with Crippen molar-refractivity contribution in [1.29, 1.82) is 0 Å². The number of hydrogen-bond acceptors (Lipinski definition) is 2. The maximum Gasteiger partial charge on any atom is 0.387 e. The lowest BCUT2D eigenvalue weighted by Crippen LogP contribution is -2.07. The third kappa shape index (κ3) is 3.08. The van der Waals surface area contributed by atoms with Crippen molar-refractivity contribution in [2.75, 3.05) is 0 Å². The summed E-state index contributed by atoms with van der Waals surface area (Å²) in [6.45, 7) is -2.94. The lowest BCUT2D eigenvalue weighted by molar-refractivity contribution is -0.0505. The minimum absolute atomic E-state index is 0.0480. The summed E-state index contributed by atoms with van der Waals surface area (Å²) in [4.78, 5) is 0. The molecule has 0 spiro atoms. The van der Waals surface area contributed by atoms with Crippen LogP contribution in [-0.4, -0.2) is 11.7 Å². The zero-order valence-corrected chi connectivity index (χ0v) is 15.8. The normalized spacial score (nSPS) is 19.2. The van der Waals surface area contributed by atoms with E-state index in [4.69, 9.17) is 11.6 Å². The third-order valence-corrected chi connectivity index (χ3v) is 5.60. The lowest BCUT2D eigenvalue weighted by atomic mass is 9.91. The summed E-state index contributed by atoms with van der Waals surface area (Å²) in [5.74, 6) is -0.266. The first-order chi connectivity index (χ1) is 12.4. The Morgan fingerprint density at radius 1 is 1.08 bits per heavy atom. The number of aliphatic hydroxyl groups is 1. The van der Waals surface area contributed by atoms with Gasteiger partial charge in [-0.3, -0.25) is 0 Å². The van der Waals surface area contributed by atoms with Gasteiger partial charge in [0, 0.05) is 21.0 Å². The first-order valence-electron chi connectivity index (χ1n) is 8.08. The average Bonchev–Trinajstić information content (AvgIpc) is 2.88. The van der Waals surface area contributed by atoms with E-state index in [1.807, 2.05) is 30.3 Å². The number of alkyl halides is 2. The van der Waals surface area contributed by atoms with Crippen molar-refractivity contribution in [2.24, 2.45) is 0 Å². The quantitative estimate of drug-likeness (QED) is 0.510. The molecule has 3 aromatic carbocycles. The predicted molar refractivity (Wildman–Crippen MR) is 101 cm³/mol. The molecule has 2 atom stereocenters. The second-order valence-electron chi connectivity index (χ2n) is 6.31. The topological polar surface area (TPSA) is 29.5 Å². The Kier molecular flexibility index (Phi) is 4.63. The Morgan fingerprint density at radius 3 is 2.62 bits per heavy atom. The molecule has 6 heteroatoms. The smallest absolute Gasteiger partial charge is 0.387 e. The Hall–Kier alpha value is -1.69. The van der Waals surface area contributed by atoms with Gasteiger partial charge in [0.25, 0.3) is 0 Å². The van der Waals surface area contributed by atoms with Gasteiger partial charge in [-0.1, -0.05) is 45.7 Å². The van der Waals surface area contributed by atoms with Gasteiger partial charge in [-0.05, 0) is 58.7 Å². The highest BCUT2D eigenvalue weighted by Gasteiger charge is 2.34. The molecule has 1 aliphatic carbocycles. The summed E-state index contributed by atoms with van der Waals surface area (Å²) in [7, 11) is 0. The van der Waals surface area contributed by atoms with Crippen LogP contribution in [0.5, 0.6) is 5.75 Å². The molecule has 1 unspecified atom stereocenters. The Morgan fingerprint density at radius 2 is 1.85 bits per heavy atom. The molecule has 0 saturated carbocycles. The molecule has 26 heavy (non-hydrogen) atoms. The largest absolute Gasteiger partial charge is 0.434 e. The molecule has 0 fully saturated rings. The molecule has 4 rings (SSSR count). The monoisotopic (exact) mass is 438 g/mol. The fourth-order valence-electron chi connectivity index (χ4n) is 3.70. The van der Waals surface area contributed by atoms with Crippen molar-refractivity contribution in [3.63, 3.8) is 0 Å². The van der Waals surface area contributed by atoms with Gasteiger partial charge in [0.05, 0.1) is 6.10 Å². The van der Waals surface area contributed by atoms with Crippen LogP contribution in [0, 0.1) is 0 Å². The molecule has 0 aliphatic heterocycles. The fourth-order valence-corrected chi connectivity index (χ4v) is 4.38. The Labute approximate surface area is 162 Å². The first kappa shape index (κ1) is 17.7. The fraction of sp³-hybridized carbons (Fsp3) is 0.200. The molecule has 0 bridgehead atoms. The maximum absolute atomic E-state index is 12.8. The van der Waals surface area contributed by atoms with E-state index in [1.165, 1.54) is 6.07 Å². The van der Waals surface area contributed by atoms with Crippen LogP contribution >= 0.6 is 27.5 Å². The van der Waals surface area contributed by atoms with Crippen LogP contribution in [0.3, 0.4) is 0 Å². The van der Waals surface area contributed by atoms with Gasteiger partial charge in [0.2, 0.25) is 0 Å². The Balaban J connectivity index is 1.89. The van der Waals surface area contributed by atoms with E-state index in [-0.39, 0.29) is 11.7 Å². The molecule has 134 valence electrons. The molecular formula is C20H14BrClF2O2. The molecule has 0 radical (unpaired) electrons. The van der Waals surface area contributed by atoms with Gasteiger partial charge in [0.1, 0.15) is 5.75 Å². The molecule has 0 aromatic heterocycles. The van der Waals surface area contributed by atoms with Crippen LogP contribution in [0.4, 0.5) is 8.78 Å². The molecule has 1 aliphatic rings. The second kappa shape index (κ2) is 6.80. The zero-order chi connectivity index (χ0) is 18.4. The van der Waals surface area contributed by atoms with Crippen LogP contribution < -0.4 is 4.74 Å². The van der Waals surface area contributed by atoms with Gasteiger partial charge >= 0.3 is 6.61 Å². The number of hydrogen-bond donors (Lipinski definition) is 1. The van der Waals surface area contributed by atoms with Crippen LogP contribution in [0.1, 0.15) is 35.1 Å². The Bertz CT molecular complexity index is 993. The number of benzene rings is 3. The number of aliphatic hydroxyl groups excluding tert-OH is 1. The van der Waals surface area contributed by atoms with Gasteiger partial charge < -0.3 is 9.84 Å². The van der Waals surface area contributed by atoms with Crippen molar-refractivity contribution in [2.45, 2.75) is 25.1 Å². The van der Waals surface area contributed by atoms with E-state index in [9.17, 15) is 13.9 Å². The van der Waals surface area contributed by atoms with E-state index in [0.29, 0.717) is 17.0 Å². The SMILES string of the molecule is O[C@H]1CC(c2c(Cl)cccc2OC(F)F)c2cc3cc(Br)ccc3cc21. The minimum atomic E-state index is -2.94. The highest BCUT2D eigenvalue weighted by Crippen LogP contribution is 2.50. The third-order valence-electron chi connectivity index (χ3n) is 4.77. The van der Waals surface area contributed by atoms with Crippen molar-refractivity contribution in [3.05, 3.63) is 74.7 Å². The van der Waals surface area contributed by atoms with E-state index in [0.717, 1.165) is 26.4 Å². The second-order valence-corrected chi connectivity index (χ2v) is 7.63. The van der Waals surface area contributed by atoms with Crippen LogP contribution in [-0.2, 0) is 0 Å². The van der Waals surface area contributed by atoms with E-state index < -0.39 is 12.7 Å². The van der Waals surface area contributed by atoms with E-state index >= 15 is 0 Å².